The van der Waals surface area contributed by atoms with Crippen LogP contribution in [0.2, 0.25) is 10.0 Å². The predicted octanol–water partition coefficient (Wildman–Crippen LogP) is 2.92. The molecule has 0 atom stereocenters. The normalized spacial score (nSPS) is 13.8. The Kier molecular flexibility index (Phi) is 4.58. The Morgan fingerprint density at radius 3 is 2.92 bits per heavy atom. The number of aromatic amines is 1. The molecule has 3 aromatic rings. The zero-order chi connectivity index (χ0) is 18.4. The highest BCUT2D eigenvalue weighted by Crippen LogP contribution is 2.46. The molecule has 26 heavy (non-hydrogen) atoms. The first kappa shape index (κ1) is 17.6. The second-order valence-corrected chi connectivity index (χ2v) is 7.01. The van der Waals surface area contributed by atoms with E-state index in [-0.39, 0.29) is 5.02 Å². The zero-order valence-electron chi connectivity index (χ0n) is 13.4. The summed E-state index contributed by atoms with van der Waals surface area (Å²) in [6.07, 6.45) is 3.46. The van der Waals surface area contributed by atoms with Gasteiger partial charge in [0.15, 0.2) is 0 Å². The van der Waals surface area contributed by atoms with Gasteiger partial charge in [0.2, 0.25) is 0 Å². The van der Waals surface area contributed by atoms with Gasteiger partial charge in [-0.15, -0.1) is 0 Å². The smallest absolute Gasteiger partial charge is 0.267 e. The number of amides is 1. The minimum atomic E-state index is -0.721. The molecule has 1 aliphatic rings. The number of anilines is 1. The van der Waals surface area contributed by atoms with E-state index in [4.69, 9.17) is 35.0 Å². The van der Waals surface area contributed by atoms with Crippen molar-refractivity contribution in [1.82, 2.24) is 20.1 Å². The molecular weight excluding hydrogens is 401 g/mol. The molecule has 1 aromatic carbocycles. The third-order valence-corrected chi connectivity index (χ3v) is 5.61. The first-order chi connectivity index (χ1) is 12.5. The first-order valence-corrected chi connectivity index (χ1v) is 8.96. The van der Waals surface area contributed by atoms with Crippen LogP contribution in [0.5, 0.6) is 0 Å². The second kappa shape index (κ2) is 6.75. The van der Waals surface area contributed by atoms with Gasteiger partial charge in [0.05, 0.1) is 27.4 Å². The summed E-state index contributed by atoms with van der Waals surface area (Å²) in [5.74, 6) is -0.660. The number of aromatic nitrogens is 3. The Morgan fingerprint density at radius 1 is 1.42 bits per heavy atom. The Balaban J connectivity index is 2.15. The SMILES string of the molecule is O=C(CO)N(Cl)c1cc(Cl)c(Cl)c2c1c(-c1cn[nH]c1)c1n2CCNC1. The highest BCUT2D eigenvalue weighted by atomic mass is 35.5. The summed E-state index contributed by atoms with van der Waals surface area (Å²) in [5.41, 5.74) is 3.78. The van der Waals surface area contributed by atoms with Gasteiger partial charge >= 0.3 is 0 Å². The molecule has 0 saturated carbocycles. The Hall–Kier alpha value is -1.77. The monoisotopic (exact) mass is 413 g/mol. The van der Waals surface area contributed by atoms with Crippen molar-refractivity contribution in [3.63, 3.8) is 0 Å². The molecule has 4 rings (SSSR count). The quantitative estimate of drug-likeness (QED) is 0.575. The van der Waals surface area contributed by atoms with E-state index in [9.17, 15) is 9.90 Å². The number of aliphatic hydroxyl groups is 1. The van der Waals surface area contributed by atoms with Crippen molar-refractivity contribution in [2.24, 2.45) is 0 Å². The van der Waals surface area contributed by atoms with E-state index in [1.54, 1.807) is 12.4 Å². The van der Waals surface area contributed by atoms with E-state index >= 15 is 0 Å². The van der Waals surface area contributed by atoms with E-state index in [0.717, 1.165) is 27.8 Å². The molecule has 3 N–H and O–H groups in total. The largest absolute Gasteiger partial charge is 0.386 e. The first-order valence-electron chi connectivity index (χ1n) is 7.87. The van der Waals surface area contributed by atoms with Crippen molar-refractivity contribution in [2.45, 2.75) is 13.1 Å². The summed E-state index contributed by atoms with van der Waals surface area (Å²) >= 11 is 19.1. The number of benzene rings is 1. The lowest BCUT2D eigenvalue weighted by Crippen LogP contribution is -2.28. The van der Waals surface area contributed by atoms with Crippen LogP contribution >= 0.6 is 35.0 Å². The highest BCUT2D eigenvalue weighted by molar-refractivity contribution is 6.47. The number of hydrogen-bond acceptors (Lipinski definition) is 4. The fourth-order valence-electron chi connectivity index (χ4n) is 3.39. The van der Waals surface area contributed by atoms with Crippen molar-refractivity contribution in [2.75, 3.05) is 17.6 Å². The molecule has 0 unspecified atom stereocenters. The number of carbonyl (C=O) groups excluding carboxylic acids is 1. The van der Waals surface area contributed by atoms with Crippen LogP contribution in [-0.4, -0.2) is 38.9 Å². The predicted molar refractivity (Wildman–Crippen MR) is 102 cm³/mol. The number of hydrogen-bond donors (Lipinski definition) is 3. The van der Waals surface area contributed by atoms with E-state index < -0.39 is 12.5 Å². The van der Waals surface area contributed by atoms with Gasteiger partial charge in [-0.3, -0.25) is 9.89 Å². The number of halogens is 3. The number of fused-ring (bicyclic) bond motifs is 3. The molecule has 3 heterocycles. The van der Waals surface area contributed by atoms with Gasteiger partial charge in [0, 0.05) is 59.8 Å². The molecule has 2 aromatic heterocycles. The van der Waals surface area contributed by atoms with Gasteiger partial charge in [0.25, 0.3) is 5.91 Å². The van der Waals surface area contributed by atoms with Gasteiger partial charge < -0.3 is 15.0 Å². The number of H-pyrrole nitrogens is 1. The molecule has 0 saturated heterocycles. The van der Waals surface area contributed by atoms with Crippen LogP contribution in [0, 0.1) is 0 Å². The standard InChI is InChI=1S/C16H14Cl3N5O2/c17-9-3-10(24(19)12(26)7-25)14-13(8-4-21-22-5-8)11-6-20-1-2-23(11)16(14)15(9)18/h3-5,20,25H,1-2,6-7H2,(H,21,22). The maximum atomic E-state index is 12.0. The number of aliphatic hydroxyl groups excluding tert-OH is 1. The lowest BCUT2D eigenvalue weighted by Gasteiger charge is -2.19. The topological polar surface area (TPSA) is 86.2 Å². The van der Waals surface area contributed by atoms with E-state index in [2.05, 4.69) is 20.1 Å². The molecule has 0 spiro atoms. The summed E-state index contributed by atoms with van der Waals surface area (Å²) in [4.78, 5) is 12.0. The van der Waals surface area contributed by atoms with Crippen LogP contribution in [-0.2, 0) is 17.9 Å². The third kappa shape index (κ3) is 2.59. The fourth-order valence-corrected chi connectivity index (χ4v) is 4.02. The van der Waals surface area contributed by atoms with Gasteiger partial charge in [-0.05, 0) is 6.07 Å². The minimum absolute atomic E-state index is 0.281. The number of nitrogens with one attached hydrogen (secondary N) is 2. The van der Waals surface area contributed by atoms with Crippen LogP contribution in [0.4, 0.5) is 5.69 Å². The molecule has 1 amide bonds. The zero-order valence-corrected chi connectivity index (χ0v) is 15.7. The van der Waals surface area contributed by atoms with E-state index in [1.807, 2.05) is 0 Å². The van der Waals surface area contributed by atoms with Gasteiger partial charge in [-0.25, -0.2) is 4.42 Å². The minimum Gasteiger partial charge on any atom is -0.386 e. The molecule has 10 heteroatoms. The summed E-state index contributed by atoms with van der Waals surface area (Å²) < 4.78 is 2.97. The molecule has 7 nitrogen and oxygen atoms in total. The van der Waals surface area contributed by atoms with Gasteiger partial charge in [-0.2, -0.15) is 5.10 Å². The average Bonchev–Trinajstić information content (AvgIpc) is 3.29. The van der Waals surface area contributed by atoms with E-state index in [1.165, 1.54) is 6.07 Å². The fraction of sp³-hybridized carbons (Fsp3) is 0.250. The summed E-state index contributed by atoms with van der Waals surface area (Å²) in [6, 6.07) is 1.54. The van der Waals surface area contributed by atoms with Crippen LogP contribution in [0.3, 0.4) is 0 Å². The lowest BCUT2D eigenvalue weighted by molar-refractivity contribution is -0.120. The molecule has 136 valence electrons. The van der Waals surface area contributed by atoms with Crippen molar-refractivity contribution < 1.29 is 9.90 Å². The van der Waals surface area contributed by atoms with E-state index in [0.29, 0.717) is 34.7 Å². The van der Waals surface area contributed by atoms with Crippen molar-refractivity contribution in [1.29, 1.82) is 0 Å². The molecule has 0 fully saturated rings. The van der Waals surface area contributed by atoms with Crippen molar-refractivity contribution >= 4 is 57.5 Å². The Bertz CT molecular complexity index is 1000. The third-order valence-electron chi connectivity index (χ3n) is 4.47. The summed E-state index contributed by atoms with van der Waals surface area (Å²) in [5, 5.41) is 20.8. The van der Waals surface area contributed by atoms with Crippen molar-refractivity contribution in [3.05, 3.63) is 34.2 Å². The van der Waals surface area contributed by atoms with Crippen molar-refractivity contribution in [3.8, 4) is 11.1 Å². The molecule has 0 bridgehead atoms. The number of rotatable bonds is 3. The van der Waals surface area contributed by atoms with Gasteiger partial charge in [-0.1, -0.05) is 23.2 Å². The lowest BCUT2D eigenvalue weighted by atomic mass is 10.0. The number of nitrogens with zero attached hydrogens (tertiary/aromatic N) is 3. The Morgan fingerprint density at radius 2 is 2.23 bits per heavy atom. The maximum Gasteiger partial charge on any atom is 0.267 e. The molecule has 0 aliphatic carbocycles. The van der Waals surface area contributed by atoms with Crippen LogP contribution in [0.25, 0.3) is 22.0 Å². The summed E-state index contributed by atoms with van der Waals surface area (Å²) in [7, 11) is 0. The van der Waals surface area contributed by atoms with Gasteiger partial charge in [0.1, 0.15) is 6.61 Å². The molecular formula is C16H14Cl3N5O2. The van der Waals surface area contributed by atoms with Crippen LogP contribution < -0.4 is 9.74 Å². The maximum absolute atomic E-state index is 12.0. The highest BCUT2D eigenvalue weighted by Gasteiger charge is 2.29. The molecule has 0 radical (unpaired) electrons. The Labute approximate surface area is 163 Å². The summed E-state index contributed by atoms with van der Waals surface area (Å²) in [6.45, 7) is 1.37. The average molecular weight is 415 g/mol. The van der Waals surface area contributed by atoms with Crippen LogP contribution in [0.15, 0.2) is 18.5 Å². The second-order valence-electron chi connectivity index (χ2n) is 5.88. The number of carbonyl (C=O) groups is 1. The molecule has 1 aliphatic heterocycles. The van der Waals surface area contributed by atoms with Crippen LogP contribution in [0.1, 0.15) is 5.69 Å².